The highest BCUT2D eigenvalue weighted by Gasteiger charge is 1.86. The van der Waals surface area contributed by atoms with Gasteiger partial charge >= 0.3 is 0 Å². The maximum absolute atomic E-state index is 4.84. The smallest absolute Gasteiger partial charge is 0.0679 e. The van der Waals surface area contributed by atoms with Gasteiger partial charge in [-0.3, -0.25) is 0 Å². The zero-order valence-corrected chi connectivity index (χ0v) is 7.45. The van der Waals surface area contributed by atoms with Gasteiger partial charge in [0.1, 0.15) is 0 Å². The fraction of sp³-hybridized carbons (Fsp3) is 1.00. The van der Waals surface area contributed by atoms with Gasteiger partial charge in [-0.2, -0.15) is 0 Å². The number of halogens is 1. The molecule has 0 bridgehead atoms. The van der Waals surface area contributed by atoms with E-state index >= 15 is 0 Å². The minimum Gasteiger partial charge on any atom is -0.305 e. The van der Waals surface area contributed by atoms with E-state index in [2.05, 4.69) is 11.8 Å². The average molecular weight is 168 g/mol. The van der Waals surface area contributed by atoms with Gasteiger partial charge in [-0.1, -0.05) is 32.6 Å². The first-order valence-corrected chi connectivity index (χ1v) is 3.73. The molecule has 0 fully saturated rings. The predicted octanol–water partition coefficient (Wildman–Crippen LogP) is 2.27. The molecule has 10 heavy (non-hydrogen) atoms. The first kappa shape index (κ1) is 12.8. The van der Waals surface area contributed by atoms with Crippen LogP contribution >= 0.6 is 12.4 Å². The molecule has 0 atom stereocenters. The Morgan fingerprint density at radius 2 is 1.70 bits per heavy atom. The molecule has 0 spiro atoms. The number of hydrogen-bond acceptors (Lipinski definition) is 2. The fourth-order valence-electron chi connectivity index (χ4n) is 0.789. The standard InChI is InChI=1S/C7H17NO.ClH/c1-2-3-4-5-6-7-9-8;/h2-8H2,1H3;1H. The van der Waals surface area contributed by atoms with Crippen LogP contribution in [0.4, 0.5) is 0 Å². The van der Waals surface area contributed by atoms with Gasteiger partial charge in [0.25, 0.3) is 0 Å². The lowest BCUT2D eigenvalue weighted by molar-refractivity contribution is 0.133. The zero-order chi connectivity index (χ0) is 6.95. The van der Waals surface area contributed by atoms with Gasteiger partial charge in [0, 0.05) is 0 Å². The molecule has 0 radical (unpaired) electrons. The lowest BCUT2D eigenvalue weighted by Gasteiger charge is -1.96. The summed E-state index contributed by atoms with van der Waals surface area (Å²) in [5, 5.41) is 0. The molecule has 0 rings (SSSR count). The Hall–Kier alpha value is 0.210. The summed E-state index contributed by atoms with van der Waals surface area (Å²) in [4.78, 5) is 4.42. The molecule has 0 aromatic heterocycles. The van der Waals surface area contributed by atoms with Gasteiger partial charge in [0.15, 0.2) is 0 Å². The van der Waals surface area contributed by atoms with E-state index in [1.54, 1.807) is 0 Å². The third kappa shape index (κ3) is 11.1. The molecule has 0 aliphatic carbocycles. The number of nitrogens with two attached hydrogens (primary N) is 1. The summed E-state index contributed by atoms with van der Waals surface area (Å²) in [6.07, 6.45) is 6.31. The largest absolute Gasteiger partial charge is 0.305 e. The molecule has 0 saturated carbocycles. The van der Waals surface area contributed by atoms with Crippen LogP contribution in [0.25, 0.3) is 0 Å². The predicted molar refractivity (Wildman–Crippen MR) is 46.1 cm³/mol. The van der Waals surface area contributed by atoms with Crippen LogP contribution in [0.1, 0.15) is 39.0 Å². The van der Waals surface area contributed by atoms with Crippen LogP contribution in [0.3, 0.4) is 0 Å². The summed E-state index contributed by atoms with van der Waals surface area (Å²) in [6, 6.07) is 0. The monoisotopic (exact) mass is 167 g/mol. The van der Waals surface area contributed by atoms with E-state index < -0.39 is 0 Å². The highest BCUT2D eigenvalue weighted by molar-refractivity contribution is 5.85. The highest BCUT2D eigenvalue weighted by atomic mass is 35.5. The minimum absolute atomic E-state index is 0. The maximum atomic E-state index is 4.84. The Morgan fingerprint density at radius 3 is 2.20 bits per heavy atom. The first-order chi connectivity index (χ1) is 4.41. The van der Waals surface area contributed by atoms with Crippen molar-refractivity contribution in [3.8, 4) is 0 Å². The number of unbranched alkanes of at least 4 members (excludes halogenated alkanes) is 4. The lowest BCUT2D eigenvalue weighted by atomic mass is 10.2. The molecule has 2 N–H and O–H groups in total. The molecular formula is C7H18ClNO. The highest BCUT2D eigenvalue weighted by Crippen LogP contribution is 2.01. The van der Waals surface area contributed by atoms with E-state index in [1.807, 2.05) is 0 Å². The molecular weight excluding hydrogens is 150 g/mol. The van der Waals surface area contributed by atoms with Crippen LogP contribution in [0, 0.1) is 0 Å². The van der Waals surface area contributed by atoms with Crippen LogP contribution in [0.5, 0.6) is 0 Å². The van der Waals surface area contributed by atoms with Crippen LogP contribution in [0.2, 0.25) is 0 Å². The summed E-state index contributed by atoms with van der Waals surface area (Å²) >= 11 is 0. The molecule has 0 unspecified atom stereocenters. The summed E-state index contributed by atoms with van der Waals surface area (Å²) in [5.74, 6) is 4.84. The Kier molecular flexibility index (Phi) is 15.3. The second-order valence-corrected chi connectivity index (χ2v) is 2.29. The topological polar surface area (TPSA) is 35.2 Å². The Balaban J connectivity index is 0. The molecule has 0 saturated heterocycles. The van der Waals surface area contributed by atoms with E-state index in [0.717, 1.165) is 6.42 Å². The van der Waals surface area contributed by atoms with Crippen LogP contribution in [-0.2, 0) is 4.84 Å². The van der Waals surface area contributed by atoms with Crippen molar-refractivity contribution in [2.45, 2.75) is 39.0 Å². The average Bonchev–Trinajstić information content (AvgIpc) is 1.89. The molecule has 0 aromatic rings. The van der Waals surface area contributed by atoms with Crippen molar-refractivity contribution >= 4 is 12.4 Å². The molecule has 0 aromatic carbocycles. The van der Waals surface area contributed by atoms with Crippen molar-refractivity contribution < 1.29 is 4.84 Å². The van der Waals surface area contributed by atoms with E-state index in [-0.39, 0.29) is 12.4 Å². The van der Waals surface area contributed by atoms with E-state index in [1.165, 1.54) is 25.7 Å². The van der Waals surface area contributed by atoms with Crippen LogP contribution < -0.4 is 5.90 Å². The molecule has 0 amide bonds. The van der Waals surface area contributed by atoms with Crippen molar-refractivity contribution in [2.75, 3.05) is 6.61 Å². The van der Waals surface area contributed by atoms with Crippen LogP contribution in [-0.4, -0.2) is 6.61 Å². The summed E-state index contributed by atoms with van der Waals surface area (Å²) in [5.41, 5.74) is 0. The Labute approximate surface area is 69.5 Å². The second-order valence-electron chi connectivity index (χ2n) is 2.29. The zero-order valence-electron chi connectivity index (χ0n) is 6.64. The number of rotatable bonds is 6. The van der Waals surface area contributed by atoms with E-state index in [9.17, 15) is 0 Å². The van der Waals surface area contributed by atoms with E-state index in [4.69, 9.17) is 5.90 Å². The molecule has 64 valence electrons. The van der Waals surface area contributed by atoms with Crippen molar-refractivity contribution in [1.29, 1.82) is 0 Å². The molecule has 2 nitrogen and oxygen atoms in total. The summed E-state index contributed by atoms with van der Waals surface area (Å²) in [7, 11) is 0. The SMILES string of the molecule is CCCCCCCON.Cl. The minimum atomic E-state index is 0. The molecule has 3 heteroatoms. The normalized spacial score (nSPS) is 9.00. The third-order valence-electron chi connectivity index (χ3n) is 1.37. The van der Waals surface area contributed by atoms with Crippen molar-refractivity contribution in [3.05, 3.63) is 0 Å². The quantitative estimate of drug-likeness (QED) is 0.487. The molecule has 0 heterocycles. The second kappa shape index (κ2) is 11.9. The Bertz CT molecular complexity index is 46.9. The van der Waals surface area contributed by atoms with Gasteiger partial charge in [0.2, 0.25) is 0 Å². The van der Waals surface area contributed by atoms with Crippen molar-refractivity contribution in [2.24, 2.45) is 5.90 Å². The first-order valence-electron chi connectivity index (χ1n) is 3.73. The summed E-state index contributed by atoms with van der Waals surface area (Å²) in [6.45, 7) is 2.92. The molecule has 0 aliphatic rings. The van der Waals surface area contributed by atoms with Gasteiger partial charge in [0.05, 0.1) is 6.61 Å². The van der Waals surface area contributed by atoms with Gasteiger partial charge < -0.3 is 4.84 Å². The van der Waals surface area contributed by atoms with Crippen molar-refractivity contribution in [3.63, 3.8) is 0 Å². The molecule has 0 aliphatic heterocycles. The van der Waals surface area contributed by atoms with Gasteiger partial charge in [-0.05, 0) is 6.42 Å². The lowest BCUT2D eigenvalue weighted by Crippen LogP contribution is -1.99. The third-order valence-corrected chi connectivity index (χ3v) is 1.37. The van der Waals surface area contributed by atoms with E-state index in [0.29, 0.717) is 6.61 Å². The number of hydrogen-bond donors (Lipinski definition) is 1. The maximum Gasteiger partial charge on any atom is 0.0679 e. The van der Waals surface area contributed by atoms with Gasteiger partial charge in [-0.25, -0.2) is 5.90 Å². The Morgan fingerprint density at radius 1 is 1.10 bits per heavy atom. The fourth-order valence-corrected chi connectivity index (χ4v) is 0.789. The van der Waals surface area contributed by atoms with Crippen LogP contribution in [0.15, 0.2) is 0 Å². The van der Waals surface area contributed by atoms with Gasteiger partial charge in [-0.15, -0.1) is 12.4 Å². The summed E-state index contributed by atoms with van der Waals surface area (Å²) < 4.78 is 0. The van der Waals surface area contributed by atoms with Crippen molar-refractivity contribution in [1.82, 2.24) is 0 Å².